The van der Waals surface area contributed by atoms with Gasteiger partial charge in [0, 0.05) is 13.1 Å². The van der Waals surface area contributed by atoms with Gasteiger partial charge in [0.15, 0.2) is 12.9 Å². The predicted molar refractivity (Wildman–Crippen MR) is 102 cm³/mol. The molecule has 0 saturated carbocycles. The van der Waals surface area contributed by atoms with Crippen LogP contribution in [0.2, 0.25) is 0 Å². The molecule has 0 atom stereocenters. The van der Waals surface area contributed by atoms with Crippen molar-refractivity contribution in [3.63, 3.8) is 0 Å². The second-order valence-electron chi connectivity index (χ2n) is 6.00. The Kier molecular flexibility index (Phi) is 5.64. The molecule has 4 nitrogen and oxygen atoms in total. The van der Waals surface area contributed by atoms with Gasteiger partial charge in [0.1, 0.15) is 5.75 Å². The number of fused-ring (bicyclic) bond motifs is 1. The molecule has 0 saturated heterocycles. The molecule has 0 fully saturated rings. The third-order valence-electron chi connectivity index (χ3n) is 4.35. The highest BCUT2D eigenvalue weighted by Crippen LogP contribution is 2.26. The van der Waals surface area contributed by atoms with E-state index >= 15 is 0 Å². The van der Waals surface area contributed by atoms with Crippen LogP contribution in [0, 0.1) is 0 Å². The van der Waals surface area contributed by atoms with Gasteiger partial charge in [-0.2, -0.15) is 0 Å². The number of ether oxygens (including phenoxy) is 1. The van der Waals surface area contributed by atoms with E-state index in [9.17, 15) is 9.59 Å². The number of aldehydes is 1. The van der Waals surface area contributed by atoms with Gasteiger partial charge in [-0.1, -0.05) is 60.7 Å². The van der Waals surface area contributed by atoms with Gasteiger partial charge >= 0.3 is 0 Å². The first-order valence-electron chi connectivity index (χ1n) is 8.64. The lowest BCUT2D eigenvalue weighted by Gasteiger charge is -2.21. The fourth-order valence-electron chi connectivity index (χ4n) is 2.93. The van der Waals surface area contributed by atoms with E-state index in [0.717, 1.165) is 22.6 Å². The van der Waals surface area contributed by atoms with Crippen molar-refractivity contribution in [1.29, 1.82) is 0 Å². The molecule has 0 aromatic heterocycles. The summed E-state index contributed by atoms with van der Waals surface area (Å²) in [5, 5.41) is 1.79. The molecule has 26 heavy (non-hydrogen) atoms. The summed E-state index contributed by atoms with van der Waals surface area (Å²) in [6.07, 6.45) is 0.781. The average Bonchev–Trinajstić information content (AvgIpc) is 2.70. The molecular formula is C22H21NO3. The largest absolute Gasteiger partial charge is 0.483 e. The normalized spacial score (nSPS) is 10.5. The van der Waals surface area contributed by atoms with E-state index in [1.165, 1.54) is 0 Å². The van der Waals surface area contributed by atoms with Crippen molar-refractivity contribution < 1.29 is 14.3 Å². The summed E-state index contributed by atoms with van der Waals surface area (Å²) < 4.78 is 5.70. The van der Waals surface area contributed by atoms with Gasteiger partial charge in [-0.15, -0.1) is 0 Å². The molecule has 0 unspecified atom stereocenters. The molecular weight excluding hydrogens is 326 g/mol. The van der Waals surface area contributed by atoms with Crippen LogP contribution in [0.3, 0.4) is 0 Å². The molecule has 0 radical (unpaired) electrons. The SMILES string of the molecule is CCN(Cc1ccccc1)C(=O)COc1ccc2ccccc2c1C=O. The molecule has 0 N–H and O–H groups in total. The lowest BCUT2D eigenvalue weighted by Crippen LogP contribution is -2.34. The van der Waals surface area contributed by atoms with E-state index < -0.39 is 0 Å². The molecule has 1 amide bonds. The summed E-state index contributed by atoms with van der Waals surface area (Å²) in [4.78, 5) is 25.8. The van der Waals surface area contributed by atoms with Crippen molar-refractivity contribution >= 4 is 23.0 Å². The number of hydrogen-bond donors (Lipinski definition) is 0. The number of rotatable bonds is 7. The first kappa shape index (κ1) is 17.7. The van der Waals surface area contributed by atoms with E-state index in [1.54, 1.807) is 11.0 Å². The van der Waals surface area contributed by atoms with Crippen LogP contribution in [0.1, 0.15) is 22.8 Å². The van der Waals surface area contributed by atoms with E-state index in [1.807, 2.05) is 67.6 Å². The number of nitrogens with zero attached hydrogens (tertiary/aromatic N) is 1. The fraction of sp³-hybridized carbons (Fsp3) is 0.182. The van der Waals surface area contributed by atoms with Crippen molar-refractivity contribution in [1.82, 2.24) is 4.90 Å². The summed E-state index contributed by atoms with van der Waals surface area (Å²) in [6, 6.07) is 21.1. The molecule has 3 aromatic carbocycles. The number of likely N-dealkylation sites (N-methyl/N-ethyl adjacent to an activating group) is 1. The Morgan fingerprint density at radius 2 is 1.73 bits per heavy atom. The van der Waals surface area contributed by atoms with Crippen LogP contribution in [-0.2, 0) is 11.3 Å². The van der Waals surface area contributed by atoms with Crippen molar-refractivity contribution in [3.8, 4) is 5.75 Å². The van der Waals surface area contributed by atoms with Crippen LogP contribution in [-0.4, -0.2) is 30.2 Å². The second-order valence-corrected chi connectivity index (χ2v) is 6.00. The average molecular weight is 347 g/mol. The molecule has 4 heteroatoms. The molecule has 132 valence electrons. The zero-order chi connectivity index (χ0) is 18.4. The Balaban J connectivity index is 1.72. The fourth-order valence-corrected chi connectivity index (χ4v) is 2.93. The number of hydrogen-bond acceptors (Lipinski definition) is 3. The van der Waals surface area contributed by atoms with E-state index in [2.05, 4.69) is 0 Å². The van der Waals surface area contributed by atoms with Crippen LogP contribution in [0.15, 0.2) is 66.7 Å². The van der Waals surface area contributed by atoms with E-state index in [0.29, 0.717) is 24.4 Å². The highest BCUT2D eigenvalue weighted by molar-refractivity contribution is 6.00. The Hall–Kier alpha value is -3.14. The van der Waals surface area contributed by atoms with Crippen molar-refractivity contribution in [2.45, 2.75) is 13.5 Å². The van der Waals surface area contributed by atoms with Crippen LogP contribution in [0.25, 0.3) is 10.8 Å². The molecule has 0 aliphatic carbocycles. The lowest BCUT2D eigenvalue weighted by atomic mass is 10.0. The Labute approximate surface area is 153 Å². The first-order chi connectivity index (χ1) is 12.7. The number of benzene rings is 3. The van der Waals surface area contributed by atoms with Gasteiger partial charge in [0.2, 0.25) is 0 Å². The van der Waals surface area contributed by atoms with Gasteiger partial charge in [-0.05, 0) is 29.3 Å². The monoisotopic (exact) mass is 347 g/mol. The van der Waals surface area contributed by atoms with Crippen molar-refractivity contribution in [2.75, 3.05) is 13.2 Å². The van der Waals surface area contributed by atoms with Crippen LogP contribution < -0.4 is 4.74 Å². The third kappa shape index (κ3) is 3.91. The standard InChI is InChI=1S/C22H21NO3/c1-2-23(14-17-8-4-3-5-9-17)22(25)16-26-21-13-12-18-10-6-7-11-19(18)20(21)15-24/h3-13,15H,2,14,16H2,1H3. The van der Waals surface area contributed by atoms with Gasteiger partial charge in [0.05, 0.1) is 5.56 Å². The van der Waals surface area contributed by atoms with Gasteiger partial charge in [-0.3, -0.25) is 9.59 Å². The number of carbonyl (C=O) groups excluding carboxylic acids is 2. The maximum atomic E-state index is 12.5. The maximum Gasteiger partial charge on any atom is 0.260 e. The topological polar surface area (TPSA) is 46.6 Å². The van der Waals surface area contributed by atoms with E-state index in [4.69, 9.17) is 4.74 Å². The van der Waals surface area contributed by atoms with E-state index in [-0.39, 0.29) is 12.5 Å². The Bertz CT molecular complexity index is 906. The smallest absolute Gasteiger partial charge is 0.260 e. The minimum atomic E-state index is -0.110. The predicted octanol–water partition coefficient (Wildman–Crippen LogP) is 4.08. The summed E-state index contributed by atoms with van der Waals surface area (Å²) >= 11 is 0. The number of carbonyl (C=O) groups is 2. The molecule has 0 bridgehead atoms. The van der Waals surface area contributed by atoms with Gasteiger partial charge in [-0.25, -0.2) is 0 Å². The number of amides is 1. The molecule has 3 aromatic rings. The van der Waals surface area contributed by atoms with Crippen molar-refractivity contribution in [2.24, 2.45) is 0 Å². The van der Waals surface area contributed by atoms with Crippen LogP contribution in [0.4, 0.5) is 0 Å². The van der Waals surface area contributed by atoms with Gasteiger partial charge in [0.25, 0.3) is 5.91 Å². The lowest BCUT2D eigenvalue weighted by molar-refractivity contribution is -0.133. The molecule has 3 rings (SSSR count). The Morgan fingerprint density at radius 1 is 1.00 bits per heavy atom. The van der Waals surface area contributed by atoms with Crippen LogP contribution >= 0.6 is 0 Å². The quantitative estimate of drug-likeness (QED) is 0.605. The summed E-state index contributed by atoms with van der Waals surface area (Å²) in [7, 11) is 0. The highest BCUT2D eigenvalue weighted by atomic mass is 16.5. The minimum Gasteiger partial charge on any atom is -0.483 e. The molecule has 0 heterocycles. The molecule has 0 aliphatic rings. The minimum absolute atomic E-state index is 0.0974. The Morgan fingerprint density at radius 3 is 2.46 bits per heavy atom. The third-order valence-corrected chi connectivity index (χ3v) is 4.35. The second kappa shape index (κ2) is 8.30. The van der Waals surface area contributed by atoms with Crippen molar-refractivity contribution in [3.05, 3.63) is 77.9 Å². The first-order valence-corrected chi connectivity index (χ1v) is 8.64. The summed E-state index contributed by atoms with van der Waals surface area (Å²) in [5.74, 6) is 0.323. The summed E-state index contributed by atoms with van der Waals surface area (Å²) in [6.45, 7) is 2.97. The zero-order valence-corrected chi connectivity index (χ0v) is 14.7. The summed E-state index contributed by atoms with van der Waals surface area (Å²) in [5.41, 5.74) is 1.55. The van der Waals surface area contributed by atoms with Gasteiger partial charge < -0.3 is 9.64 Å². The molecule has 0 aliphatic heterocycles. The highest BCUT2D eigenvalue weighted by Gasteiger charge is 2.15. The maximum absolute atomic E-state index is 12.5. The van der Waals surface area contributed by atoms with Crippen LogP contribution in [0.5, 0.6) is 5.75 Å². The molecule has 0 spiro atoms. The zero-order valence-electron chi connectivity index (χ0n) is 14.7.